The second-order valence-corrected chi connectivity index (χ2v) is 6.57. The second kappa shape index (κ2) is 9.92. The van der Waals surface area contributed by atoms with E-state index in [4.69, 9.17) is 0 Å². The molecule has 0 radical (unpaired) electrons. The fraction of sp³-hybridized carbons (Fsp3) is 0. The van der Waals surface area contributed by atoms with Crippen LogP contribution >= 0.6 is 0 Å². The number of anilines is 2. The van der Waals surface area contributed by atoms with Crippen molar-refractivity contribution in [1.29, 1.82) is 0 Å². The van der Waals surface area contributed by atoms with Gasteiger partial charge in [-0.1, -0.05) is 36.4 Å². The van der Waals surface area contributed by atoms with Crippen LogP contribution < -0.4 is 10.6 Å². The minimum absolute atomic E-state index is 0.153. The molecule has 0 aliphatic carbocycles. The van der Waals surface area contributed by atoms with Gasteiger partial charge < -0.3 is 10.6 Å². The van der Waals surface area contributed by atoms with Crippen molar-refractivity contribution in [3.63, 3.8) is 0 Å². The SMILES string of the molecule is O=C(Nc1ccccc1[N+](=O)[O-])C(=Cc1cccc(F)c1)C(=O)Nc1ccccc1[N+](=O)[O-]. The number of halogens is 1. The van der Waals surface area contributed by atoms with Crippen molar-refractivity contribution in [1.82, 2.24) is 0 Å². The molecule has 0 fully saturated rings. The lowest BCUT2D eigenvalue weighted by Crippen LogP contribution is -2.26. The van der Waals surface area contributed by atoms with Crippen LogP contribution in [0.5, 0.6) is 0 Å². The van der Waals surface area contributed by atoms with Crippen LogP contribution in [0.1, 0.15) is 5.56 Å². The number of nitro benzene ring substituents is 2. The summed E-state index contributed by atoms with van der Waals surface area (Å²) < 4.78 is 13.6. The molecular weight excluding hydrogens is 435 g/mol. The van der Waals surface area contributed by atoms with Crippen LogP contribution in [0.2, 0.25) is 0 Å². The second-order valence-electron chi connectivity index (χ2n) is 6.57. The lowest BCUT2D eigenvalue weighted by atomic mass is 10.1. The van der Waals surface area contributed by atoms with Gasteiger partial charge >= 0.3 is 0 Å². The van der Waals surface area contributed by atoms with Crippen molar-refractivity contribution in [2.75, 3.05) is 10.6 Å². The van der Waals surface area contributed by atoms with Gasteiger partial charge in [0.2, 0.25) is 0 Å². The zero-order valence-electron chi connectivity index (χ0n) is 16.7. The minimum atomic E-state index is -1.04. The average Bonchev–Trinajstić information content (AvgIpc) is 2.77. The fourth-order valence-electron chi connectivity index (χ4n) is 2.85. The summed E-state index contributed by atoms with van der Waals surface area (Å²) in [6.07, 6.45) is 1.07. The zero-order chi connectivity index (χ0) is 24.0. The van der Waals surface area contributed by atoms with Crippen molar-refractivity contribution in [3.8, 4) is 0 Å². The summed E-state index contributed by atoms with van der Waals surface area (Å²) in [6, 6.07) is 15.6. The molecule has 2 amide bonds. The van der Waals surface area contributed by atoms with Crippen molar-refractivity contribution >= 4 is 40.6 Å². The number of hydrogen-bond donors (Lipinski definition) is 2. The number of nitrogens with zero attached hydrogens (tertiary/aromatic N) is 2. The molecule has 0 aliphatic heterocycles. The van der Waals surface area contributed by atoms with Gasteiger partial charge in [0.05, 0.1) is 9.85 Å². The van der Waals surface area contributed by atoms with Crippen LogP contribution in [0.3, 0.4) is 0 Å². The lowest BCUT2D eigenvalue weighted by molar-refractivity contribution is -0.384. The highest BCUT2D eigenvalue weighted by atomic mass is 19.1. The van der Waals surface area contributed by atoms with Crippen LogP contribution in [0.25, 0.3) is 6.08 Å². The molecule has 0 unspecified atom stereocenters. The zero-order valence-corrected chi connectivity index (χ0v) is 16.7. The summed E-state index contributed by atoms with van der Waals surface area (Å²) in [4.78, 5) is 46.9. The molecule has 0 atom stereocenters. The molecule has 3 aromatic carbocycles. The van der Waals surface area contributed by atoms with Crippen molar-refractivity contribution in [2.45, 2.75) is 0 Å². The van der Waals surface area contributed by atoms with E-state index < -0.39 is 44.4 Å². The molecule has 3 rings (SSSR count). The molecule has 3 aromatic rings. The smallest absolute Gasteiger partial charge is 0.292 e. The standard InChI is InChI=1S/C22H15FN4O6/c23-15-7-5-6-14(12-15)13-16(21(28)24-17-8-1-3-10-19(17)26(30)31)22(29)25-18-9-2-4-11-20(18)27(32)33/h1-13H,(H,24,28)(H,25,29). The number of amides is 2. The quantitative estimate of drug-likeness (QED) is 0.180. The number of nitro groups is 2. The van der Waals surface area contributed by atoms with E-state index in [1.807, 2.05) is 0 Å². The van der Waals surface area contributed by atoms with E-state index in [1.165, 1.54) is 60.7 Å². The van der Waals surface area contributed by atoms with E-state index in [1.54, 1.807) is 0 Å². The average molecular weight is 450 g/mol. The van der Waals surface area contributed by atoms with Crippen molar-refractivity contribution in [3.05, 3.63) is 110 Å². The third-order valence-electron chi connectivity index (χ3n) is 4.35. The van der Waals surface area contributed by atoms with Crippen LogP contribution in [-0.4, -0.2) is 21.7 Å². The monoisotopic (exact) mass is 450 g/mol. The summed E-state index contributed by atoms with van der Waals surface area (Å²) in [5.41, 5.74) is -1.56. The van der Waals surface area contributed by atoms with Crippen LogP contribution in [0.15, 0.2) is 78.4 Å². The Morgan fingerprint density at radius 1 is 0.758 bits per heavy atom. The van der Waals surface area contributed by atoms with Crippen LogP contribution in [-0.2, 0) is 9.59 Å². The highest BCUT2D eigenvalue weighted by Gasteiger charge is 2.24. The lowest BCUT2D eigenvalue weighted by Gasteiger charge is -2.11. The number of hydrogen-bond acceptors (Lipinski definition) is 6. The molecule has 0 aromatic heterocycles. The first-order valence-corrected chi connectivity index (χ1v) is 9.33. The Morgan fingerprint density at radius 3 is 1.70 bits per heavy atom. The maximum atomic E-state index is 13.6. The molecule has 0 bridgehead atoms. The van der Waals surface area contributed by atoms with Gasteiger partial charge in [0, 0.05) is 12.1 Å². The Kier molecular flexibility index (Phi) is 6.84. The fourth-order valence-corrected chi connectivity index (χ4v) is 2.85. The number of nitrogens with one attached hydrogen (secondary N) is 2. The molecular formula is C22H15FN4O6. The number of rotatable bonds is 7. The van der Waals surface area contributed by atoms with Gasteiger partial charge in [0.25, 0.3) is 23.2 Å². The molecule has 0 spiro atoms. The highest BCUT2D eigenvalue weighted by molar-refractivity contribution is 6.29. The maximum Gasteiger partial charge on any atom is 0.292 e. The first kappa shape index (κ1) is 22.7. The highest BCUT2D eigenvalue weighted by Crippen LogP contribution is 2.26. The molecule has 0 heterocycles. The molecule has 166 valence electrons. The first-order valence-electron chi connectivity index (χ1n) is 9.33. The predicted octanol–water partition coefficient (Wildman–Crippen LogP) is 4.30. The molecule has 2 N–H and O–H groups in total. The van der Waals surface area contributed by atoms with Gasteiger partial charge in [-0.2, -0.15) is 0 Å². The van der Waals surface area contributed by atoms with E-state index in [2.05, 4.69) is 10.6 Å². The number of carbonyl (C=O) groups is 2. The molecule has 10 nitrogen and oxygen atoms in total. The Balaban J connectivity index is 2.00. The van der Waals surface area contributed by atoms with Gasteiger partial charge in [0.15, 0.2) is 0 Å². The Labute approximate surface area is 185 Å². The number of benzene rings is 3. The van der Waals surface area contributed by atoms with Gasteiger partial charge in [-0.3, -0.25) is 29.8 Å². The Morgan fingerprint density at radius 2 is 1.24 bits per heavy atom. The molecule has 33 heavy (non-hydrogen) atoms. The van der Waals surface area contributed by atoms with Crippen LogP contribution in [0, 0.1) is 26.0 Å². The summed E-state index contributed by atoms with van der Waals surface area (Å²) >= 11 is 0. The van der Waals surface area contributed by atoms with E-state index in [0.29, 0.717) is 0 Å². The van der Waals surface area contributed by atoms with Gasteiger partial charge in [0.1, 0.15) is 22.8 Å². The van der Waals surface area contributed by atoms with Gasteiger partial charge in [-0.05, 0) is 35.9 Å². The normalized spacial score (nSPS) is 10.1. The van der Waals surface area contributed by atoms with Gasteiger partial charge in [-0.15, -0.1) is 0 Å². The van der Waals surface area contributed by atoms with E-state index in [0.717, 1.165) is 18.2 Å². The Bertz CT molecular complexity index is 1220. The molecule has 11 heteroatoms. The summed E-state index contributed by atoms with van der Waals surface area (Å²) in [7, 11) is 0. The predicted molar refractivity (Wildman–Crippen MR) is 118 cm³/mol. The van der Waals surface area contributed by atoms with E-state index >= 15 is 0 Å². The molecule has 0 saturated carbocycles. The summed E-state index contributed by atoms with van der Waals surface area (Å²) in [6.45, 7) is 0. The third kappa shape index (κ3) is 5.61. The molecule has 0 aliphatic rings. The van der Waals surface area contributed by atoms with Gasteiger partial charge in [-0.25, -0.2) is 4.39 Å². The summed E-state index contributed by atoms with van der Waals surface area (Å²) in [5, 5.41) is 27.1. The number of para-hydroxylation sites is 4. The number of carbonyl (C=O) groups excluding carboxylic acids is 2. The maximum absolute atomic E-state index is 13.6. The largest absolute Gasteiger partial charge is 0.316 e. The third-order valence-corrected chi connectivity index (χ3v) is 4.35. The first-order chi connectivity index (χ1) is 15.8. The topological polar surface area (TPSA) is 144 Å². The summed E-state index contributed by atoms with van der Waals surface area (Å²) in [5.74, 6) is -2.70. The molecule has 0 saturated heterocycles. The van der Waals surface area contributed by atoms with E-state index in [9.17, 15) is 34.2 Å². The van der Waals surface area contributed by atoms with Crippen molar-refractivity contribution < 1.29 is 23.8 Å². The van der Waals surface area contributed by atoms with Crippen LogP contribution in [0.4, 0.5) is 27.1 Å². The minimum Gasteiger partial charge on any atom is -0.316 e. The Hall–Kier alpha value is -4.93. The van der Waals surface area contributed by atoms with Crippen molar-refractivity contribution in [2.24, 2.45) is 0 Å². The van der Waals surface area contributed by atoms with E-state index in [-0.39, 0.29) is 16.9 Å².